The number of hydrogen-bond acceptors (Lipinski definition) is 6. The fraction of sp³-hybridized carbons (Fsp3) is 0.190. The zero-order valence-corrected chi connectivity index (χ0v) is 15.6. The second-order valence-electron chi connectivity index (χ2n) is 6.52. The van der Waals surface area contributed by atoms with Crippen molar-refractivity contribution in [3.05, 3.63) is 65.6 Å². The Morgan fingerprint density at radius 2 is 2.00 bits per heavy atom. The highest BCUT2D eigenvalue weighted by Crippen LogP contribution is 2.37. The predicted octanol–water partition coefficient (Wildman–Crippen LogP) is 4.48. The molecule has 134 valence electrons. The predicted molar refractivity (Wildman–Crippen MR) is 106 cm³/mol. The van der Waals surface area contributed by atoms with Gasteiger partial charge in [0.1, 0.15) is 26.9 Å². The van der Waals surface area contributed by atoms with Crippen LogP contribution in [0.2, 0.25) is 0 Å². The summed E-state index contributed by atoms with van der Waals surface area (Å²) in [5, 5.41) is 1.07. The molecule has 0 saturated carbocycles. The van der Waals surface area contributed by atoms with E-state index < -0.39 is 0 Å². The third-order valence-corrected chi connectivity index (χ3v) is 5.94. The van der Waals surface area contributed by atoms with Gasteiger partial charge in [-0.15, -0.1) is 0 Å². The van der Waals surface area contributed by atoms with Crippen LogP contribution in [0.25, 0.3) is 21.5 Å². The first-order valence-corrected chi connectivity index (χ1v) is 9.58. The highest BCUT2D eigenvalue weighted by molar-refractivity contribution is 7.18. The third kappa shape index (κ3) is 3.02. The number of pyridine rings is 2. The van der Waals surface area contributed by atoms with Gasteiger partial charge in [0.15, 0.2) is 0 Å². The van der Waals surface area contributed by atoms with Gasteiger partial charge in [0.05, 0.1) is 13.7 Å². The van der Waals surface area contributed by atoms with E-state index in [2.05, 4.69) is 22.1 Å². The summed E-state index contributed by atoms with van der Waals surface area (Å²) in [4.78, 5) is 14.5. The van der Waals surface area contributed by atoms with Crippen LogP contribution >= 0.6 is 11.3 Å². The maximum absolute atomic E-state index is 5.96. The number of rotatable bonds is 3. The van der Waals surface area contributed by atoms with Crippen molar-refractivity contribution >= 4 is 21.7 Å². The van der Waals surface area contributed by atoms with Crippen LogP contribution in [-0.4, -0.2) is 28.7 Å². The molecular formula is C21H17N3O2S. The van der Waals surface area contributed by atoms with E-state index in [-0.39, 0.29) is 5.92 Å². The summed E-state index contributed by atoms with van der Waals surface area (Å²) < 4.78 is 11.3. The lowest BCUT2D eigenvalue weighted by Gasteiger charge is -2.24. The van der Waals surface area contributed by atoms with Crippen LogP contribution in [0.5, 0.6) is 11.5 Å². The normalized spacial score (nSPS) is 16.0. The van der Waals surface area contributed by atoms with E-state index in [1.54, 1.807) is 30.8 Å². The van der Waals surface area contributed by atoms with Gasteiger partial charge in [0.2, 0.25) is 0 Å². The fourth-order valence-electron chi connectivity index (χ4n) is 3.37. The molecule has 1 aliphatic heterocycles. The Morgan fingerprint density at radius 3 is 2.85 bits per heavy atom. The van der Waals surface area contributed by atoms with Crippen LogP contribution in [-0.2, 0) is 6.42 Å². The average molecular weight is 375 g/mol. The molecule has 4 aromatic rings. The van der Waals surface area contributed by atoms with Gasteiger partial charge in [-0.25, -0.2) is 9.97 Å². The monoisotopic (exact) mass is 375 g/mol. The van der Waals surface area contributed by atoms with Crippen molar-refractivity contribution in [2.75, 3.05) is 13.7 Å². The molecule has 5 nitrogen and oxygen atoms in total. The van der Waals surface area contributed by atoms with Crippen molar-refractivity contribution in [2.24, 2.45) is 0 Å². The van der Waals surface area contributed by atoms with E-state index in [1.165, 1.54) is 0 Å². The second kappa shape index (κ2) is 6.63. The Kier molecular flexibility index (Phi) is 3.98. The standard InChI is InChI=1S/C21H17N3O2S/c1-25-17-2-3-19-14(9-17)8-16(12-26-19)20-24-18-10-15(11-23-21(18)27-20)13-4-6-22-7-5-13/h2-7,9-11,16H,8,12H2,1H3. The van der Waals surface area contributed by atoms with E-state index >= 15 is 0 Å². The molecule has 0 saturated heterocycles. The van der Waals surface area contributed by atoms with Crippen LogP contribution in [0.3, 0.4) is 0 Å². The quantitative estimate of drug-likeness (QED) is 0.528. The summed E-state index contributed by atoms with van der Waals surface area (Å²) in [6.07, 6.45) is 6.37. The lowest BCUT2D eigenvalue weighted by atomic mass is 9.97. The molecule has 0 spiro atoms. The lowest BCUT2D eigenvalue weighted by Crippen LogP contribution is -2.19. The van der Waals surface area contributed by atoms with Crippen molar-refractivity contribution in [2.45, 2.75) is 12.3 Å². The maximum atomic E-state index is 5.96. The van der Waals surface area contributed by atoms with Crippen molar-refractivity contribution in [3.8, 4) is 22.6 Å². The number of benzene rings is 1. The Balaban J connectivity index is 1.47. The van der Waals surface area contributed by atoms with Crippen LogP contribution in [0.15, 0.2) is 55.0 Å². The lowest BCUT2D eigenvalue weighted by molar-refractivity contribution is 0.261. The number of nitrogens with zero attached hydrogens (tertiary/aromatic N) is 3. The number of ether oxygens (including phenoxy) is 2. The molecular weight excluding hydrogens is 358 g/mol. The minimum absolute atomic E-state index is 0.230. The van der Waals surface area contributed by atoms with E-state index in [0.717, 1.165) is 50.0 Å². The summed E-state index contributed by atoms with van der Waals surface area (Å²) >= 11 is 1.65. The number of fused-ring (bicyclic) bond motifs is 2. The van der Waals surface area contributed by atoms with E-state index in [1.807, 2.05) is 30.5 Å². The molecule has 3 aromatic heterocycles. The highest BCUT2D eigenvalue weighted by atomic mass is 32.1. The number of methoxy groups -OCH3 is 1. The van der Waals surface area contributed by atoms with Gasteiger partial charge in [-0.1, -0.05) is 11.3 Å². The fourth-order valence-corrected chi connectivity index (χ4v) is 4.35. The first-order chi connectivity index (χ1) is 13.3. The molecule has 0 fully saturated rings. The first-order valence-electron chi connectivity index (χ1n) is 8.77. The van der Waals surface area contributed by atoms with E-state index in [4.69, 9.17) is 14.5 Å². The third-order valence-electron chi connectivity index (χ3n) is 4.80. The Hall–Kier alpha value is -2.99. The zero-order chi connectivity index (χ0) is 18.2. The minimum atomic E-state index is 0.230. The van der Waals surface area contributed by atoms with Crippen LogP contribution in [0, 0.1) is 0 Å². The van der Waals surface area contributed by atoms with Crippen LogP contribution in [0.1, 0.15) is 16.5 Å². The molecule has 27 heavy (non-hydrogen) atoms. The molecule has 0 bridgehead atoms. The van der Waals surface area contributed by atoms with Crippen LogP contribution < -0.4 is 9.47 Å². The van der Waals surface area contributed by atoms with Gasteiger partial charge < -0.3 is 9.47 Å². The highest BCUT2D eigenvalue weighted by Gasteiger charge is 2.25. The van der Waals surface area contributed by atoms with Gasteiger partial charge in [0.25, 0.3) is 0 Å². The molecule has 0 radical (unpaired) electrons. The molecule has 6 heteroatoms. The summed E-state index contributed by atoms with van der Waals surface area (Å²) in [5.74, 6) is 2.02. The molecule has 1 aliphatic rings. The van der Waals surface area contributed by atoms with Crippen molar-refractivity contribution in [3.63, 3.8) is 0 Å². The molecule has 1 unspecified atom stereocenters. The van der Waals surface area contributed by atoms with Gasteiger partial charge >= 0.3 is 0 Å². The molecule has 0 N–H and O–H groups in total. The molecule has 1 atom stereocenters. The number of aromatic nitrogens is 3. The van der Waals surface area contributed by atoms with E-state index in [0.29, 0.717) is 6.61 Å². The minimum Gasteiger partial charge on any atom is -0.497 e. The van der Waals surface area contributed by atoms with Crippen molar-refractivity contribution in [1.29, 1.82) is 0 Å². The Labute approximate surface area is 160 Å². The Bertz CT molecular complexity index is 1110. The SMILES string of the molecule is COc1ccc2c(c1)CC(c1nc3cc(-c4ccncc4)cnc3s1)CO2. The smallest absolute Gasteiger partial charge is 0.143 e. The van der Waals surface area contributed by atoms with Crippen LogP contribution in [0.4, 0.5) is 0 Å². The van der Waals surface area contributed by atoms with Gasteiger partial charge in [-0.2, -0.15) is 0 Å². The second-order valence-corrected chi connectivity index (χ2v) is 7.53. The summed E-state index contributed by atoms with van der Waals surface area (Å²) in [7, 11) is 1.68. The molecule has 5 rings (SSSR count). The Morgan fingerprint density at radius 1 is 1.11 bits per heavy atom. The van der Waals surface area contributed by atoms with Gasteiger partial charge in [-0.3, -0.25) is 4.98 Å². The molecule has 0 aliphatic carbocycles. The first kappa shape index (κ1) is 16.2. The molecule has 0 amide bonds. The summed E-state index contributed by atoms with van der Waals surface area (Å²) in [6, 6.07) is 12.0. The van der Waals surface area contributed by atoms with Crippen molar-refractivity contribution < 1.29 is 9.47 Å². The van der Waals surface area contributed by atoms with Gasteiger partial charge in [-0.05, 0) is 53.9 Å². The van der Waals surface area contributed by atoms with Gasteiger partial charge in [0, 0.05) is 30.1 Å². The summed E-state index contributed by atoms with van der Waals surface area (Å²) in [5.41, 5.74) is 4.24. The molecule has 4 heterocycles. The average Bonchev–Trinajstić information content (AvgIpc) is 3.17. The largest absolute Gasteiger partial charge is 0.497 e. The number of thiazole rings is 1. The zero-order valence-electron chi connectivity index (χ0n) is 14.8. The summed E-state index contributed by atoms with van der Waals surface area (Å²) in [6.45, 7) is 0.635. The molecule has 1 aromatic carbocycles. The van der Waals surface area contributed by atoms with E-state index in [9.17, 15) is 0 Å². The topological polar surface area (TPSA) is 57.1 Å². The van der Waals surface area contributed by atoms with Crippen molar-refractivity contribution in [1.82, 2.24) is 15.0 Å². The maximum Gasteiger partial charge on any atom is 0.143 e. The number of hydrogen-bond donors (Lipinski definition) is 0.